The predicted octanol–water partition coefficient (Wildman–Crippen LogP) is 2.07. The van der Waals surface area contributed by atoms with Crippen molar-refractivity contribution in [2.75, 3.05) is 0 Å². The van der Waals surface area contributed by atoms with Gasteiger partial charge in [-0.25, -0.2) is 4.79 Å². The molecule has 0 radical (unpaired) electrons. The Labute approximate surface area is 96.6 Å². The van der Waals surface area contributed by atoms with Gasteiger partial charge in [-0.3, -0.25) is 0 Å². The SMILES string of the molecule is O=C(O)[C@@](O)(c1ccccc1)c1ccsc1. The highest BCUT2D eigenvalue weighted by Crippen LogP contribution is 2.31. The van der Waals surface area contributed by atoms with E-state index in [1.54, 1.807) is 47.2 Å². The van der Waals surface area contributed by atoms with Crippen LogP contribution in [0.1, 0.15) is 11.1 Å². The number of aliphatic carboxylic acids is 1. The van der Waals surface area contributed by atoms with E-state index < -0.39 is 11.6 Å². The topological polar surface area (TPSA) is 57.5 Å². The standard InChI is InChI=1S/C12H10O3S/c13-11(14)12(15,10-6-7-16-8-10)9-4-2-1-3-5-9/h1-8,15H,(H,13,14)/t12-/m1/s1. The summed E-state index contributed by atoms with van der Waals surface area (Å²) in [5.41, 5.74) is -1.21. The van der Waals surface area contributed by atoms with Gasteiger partial charge in [0.2, 0.25) is 5.60 Å². The fraction of sp³-hybridized carbons (Fsp3) is 0.0833. The molecule has 0 unspecified atom stereocenters. The van der Waals surface area contributed by atoms with Gasteiger partial charge >= 0.3 is 5.97 Å². The zero-order valence-electron chi connectivity index (χ0n) is 8.33. The first kappa shape index (κ1) is 10.9. The molecule has 1 atom stereocenters. The van der Waals surface area contributed by atoms with Gasteiger partial charge in [0.15, 0.2) is 0 Å². The van der Waals surface area contributed by atoms with Crippen LogP contribution < -0.4 is 0 Å². The number of thiophene rings is 1. The van der Waals surface area contributed by atoms with Gasteiger partial charge in [-0.05, 0) is 22.4 Å². The molecule has 0 spiro atoms. The molecule has 2 rings (SSSR count). The average Bonchev–Trinajstić information content (AvgIpc) is 2.82. The lowest BCUT2D eigenvalue weighted by atomic mass is 9.88. The lowest BCUT2D eigenvalue weighted by molar-refractivity contribution is -0.155. The second-order valence-electron chi connectivity index (χ2n) is 3.39. The number of hydrogen-bond donors (Lipinski definition) is 2. The molecule has 0 saturated heterocycles. The third-order valence-electron chi connectivity index (χ3n) is 2.44. The lowest BCUT2D eigenvalue weighted by Crippen LogP contribution is -2.36. The van der Waals surface area contributed by atoms with Crippen LogP contribution in [-0.4, -0.2) is 16.2 Å². The highest BCUT2D eigenvalue weighted by Gasteiger charge is 2.40. The molecule has 0 aliphatic rings. The molecule has 1 aromatic heterocycles. The molecule has 2 N–H and O–H groups in total. The van der Waals surface area contributed by atoms with Crippen LogP contribution in [-0.2, 0) is 10.4 Å². The molecule has 0 aliphatic heterocycles. The van der Waals surface area contributed by atoms with Crippen LogP contribution in [0.25, 0.3) is 0 Å². The largest absolute Gasteiger partial charge is 0.479 e. The zero-order valence-corrected chi connectivity index (χ0v) is 9.15. The highest BCUT2D eigenvalue weighted by atomic mass is 32.1. The van der Waals surface area contributed by atoms with E-state index in [0.29, 0.717) is 11.1 Å². The van der Waals surface area contributed by atoms with Gasteiger partial charge < -0.3 is 10.2 Å². The predicted molar refractivity (Wildman–Crippen MR) is 61.4 cm³/mol. The molecule has 0 fully saturated rings. The van der Waals surface area contributed by atoms with Gasteiger partial charge in [0, 0.05) is 5.56 Å². The molecule has 0 amide bonds. The van der Waals surface area contributed by atoms with E-state index in [2.05, 4.69) is 0 Å². The van der Waals surface area contributed by atoms with Crippen LogP contribution in [0.5, 0.6) is 0 Å². The van der Waals surface area contributed by atoms with E-state index in [1.807, 2.05) is 0 Å². The smallest absolute Gasteiger partial charge is 0.345 e. The molecule has 3 nitrogen and oxygen atoms in total. The van der Waals surface area contributed by atoms with Crippen molar-refractivity contribution in [3.8, 4) is 0 Å². The fourth-order valence-corrected chi connectivity index (χ4v) is 2.26. The van der Waals surface area contributed by atoms with Crippen LogP contribution in [0.2, 0.25) is 0 Å². The number of carboxylic acids is 1. The van der Waals surface area contributed by atoms with Gasteiger partial charge in [-0.15, -0.1) is 0 Å². The van der Waals surface area contributed by atoms with E-state index in [0.717, 1.165) is 0 Å². The van der Waals surface area contributed by atoms with E-state index in [-0.39, 0.29) is 0 Å². The Morgan fingerprint density at radius 3 is 2.31 bits per heavy atom. The average molecular weight is 234 g/mol. The van der Waals surface area contributed by atoms with Crippen molar-refractivity contribution in [3.63, 3.8) is 0 Å². The molecule has 82 valence electrons. The van der Waals surface area contributed by atoms with Crippen molar-refractivity contribution in [2.24, 2.45) is 0 Å². The van der Waals surface area contributed by atoms with Gasteiger partial charge in [0.1, 0.15) is 0 Å². The van der Waals surface area contributed by atoms with Gasteiger partial charge in [0.25, 0.3) is 0 Å². The molecule has 0 saturated carbocycles. The summed E-state index contributed by atoms with van der Waals surface area (Å²) in [7, 11) is 0. The lowest BCUT2D eigenvalue weighted by Gasteiger charge is -2.22. The van der Waals surface area contributed by atoms with Crippen molar-refractivity contribution in [1.29, 1.82) is 0 Å². The Morgan fingerprint density at radius 2 is 1.81 bits per heavy atom. The second-order valence-corrected chi connectivity index (χ2v) is 4.17. The molecule has 16 heavy (non-hydrogen) atoms. The van der Waals surface area contributed by atoms with E-state index >= 15 is 0 Å². The van der Waals surface area contributed by atoms with Crippen LogP contribution >= 0.6 is 11.3 Å². The summed E-state index contributed by atoms with van der Waals surface area (Å²) in [4.78, 5) is 11.3. The normalized spacial score (nSPS) is 14.3. The fourth-order valence-electron chi connectivity index (χ4n) is 1.56. The van der Waals surface area contributed by atoms with Crippen molar-refractivity contribution >= 4 is 17.3 Å². The summed E-state index contributed by atoms with van der Waals surface area (Å²) in [6.45, 7) is 0. The number of carbonyl (C=O) groups is 1. The second kappa shape index (κ2) is 4.08. The number of benzene rings is 1. The Hall–Kier alpha value is -1.65. The molecule has 1 aromatic carbocycles. The molecule has 2 aromatic rings. The third-order valence-corrected chi connectivity index (χ3v) is 3.12. The van der Waals surface area contributed by atoms with E-state index in [9.17, 15) is 15.0 Å². The highest BCUT2D eigenvalue weighted by molar-refractivity contribution is 7.08. The maximum atomic E-state index is 11.3. The molecule has 0 bridgehead atoms. The zero-order chi connectivity index (χ0) is 11.6. The first-order valence-electron chi connectivity index (χ1n) is 4.69. The first-order valence-corrected chi connectivity index (χ1v) is 5.64. The Kier molecular flexibility index (Phi) is 2.77. The number of aliphatic hydroxyl groups is 1. The van der Waals surface area contributed by atoms with E-state index in [1.165, 1.54) is 11.3 Å². The van der Waals surface area contributed by atoms with Crippen LogP contribution in [0.15, 0.2) is 47.2 Å². The minimum atomic E-state index is -1.96. The van der Waals surface area contributed by atoms with Gasteiger partial charge in [-0.1, -0.05) is 30.3 Å². The summed E-state index contributed by atoms with van der Waals surface area (Å²) in [6, 6.07) is 10.0. The number of carboxylic acid groups (broad SMARTS) is 1. The minimum Gasteiger partial charge on any atom is -0.479 e. The van der Waals surface area contributed by atoms with Crippen LogP contribution in [0.3, 0.4) is 0 Å². The summed E-state index contributed by atoms with van der Waals surface area (Å²) in [5, 5.41) is 22.9. The summed E-state index contributed by atoms with van der Waals surface area (Å²) in [5.74, 6) is -1.27. The Bertz CT molecular complexity index is 478. The Morgan fingerprint density at radius 1 is 1.12 bits per heavy atom. The maximum Gasteiger partial charge on any atom is 0.345 e. The third kappa shape index (κ3) is 1.62. The Balaban J connectivity index is 2.58. The van der Waals surface area contributed by atoms with Crippen molar-refractivity contribution in [3.05, 3.63) is 58.3 Å². The summed E-state index contributed by atoms with van der Waals surface area (Å²) >= 11 is 1.36. The quantitative estimate of drug-likeness (QED) is 0.854. The minimum absolute atomic E-state index is 0.362. The molecular weight excluding hydrogens is 224 g/mol. The summed E-state index contributed by atoms with van der Waals surface area (Å²) < 4.78 is 0. The molecule has 4 heteroatoms. The van der Waals surface area contributed by atoms with Crippen molar-refractivity contribution < 1.29 is 15.0 Å². The summed E-state index contributed by atoms with van der Waals surface area (Å²) in [6.07, 6.45) is 0. The maximum absolute atomic E-state index is 11.3. The van der Waals surface area contributed by atoms with Crippen LogP contribution in [0, 0.1) is 0 Å². The number of rotatable bonds is 3. The number of hydrogen-bond acceptors (Lipinski definition) is 3. The van der Waals surface area contributed by atoms with Crippen molar-refractivity contribution in [1.82, 2.24) is 0 Å². The van der Waals surface area contributed by atoms with Crippen molar-refractivity contribution in [2.45, 2.75) is 5.60 Å². The molecule has 0 aliphatic carbocycles. The monoisotopic (exact) mass is 234 g/mol. The van der Waals surface area contributed by atoms with E-state index in [4.69, 9.17) is 0 Å². The van der Waals surface area contributed by atoms with Gasteiger partial charge in [-0.2, -0.15) is 11.3 Å². The molecular formula is C12H10O3S. The van der Waals surface area contributed by atoms with Gasteiger partial charge in [0.05, 0.1) is 0 Å². The van der Waals surface area contributed by atoms with Crippen LogP contribution in [0.4, 0.5) is 0 Å². The first-order chi connectivity index (χ1) is 7.65. The molecule has 1 heterocycles.